The average molecular weight is 378 g/mol. The van der Waals surface area contributed by atoms with Crippen LogP contribution < -0.4 is 10.6 Å². The summed E-state index contributed by atoms with van der Waals surface area (Å²) in [6, 6.07) is 13.3. The maximum atomic E-state index is 12.9. The van der Waals surface area contributed by atoms with E-state index in [2.05, 4.69) is 15.6 Å². The molecule has 136 valence electrons. The number of nitrogens with zero attached hydrogens (tertiary/aromatic N) is 2. The second-order valence-electron chi connectivity index (χ2n) is 7.03. The monoisotopic (exact) mass is 378 g/mol. The van der Waals surface area contributed by atoms with Crippen LogP contribution in [0.3, 0.4) is 0 Å². The van der Waals surface area contributed by atoms with E-state index in [1.165, 1.54) is 11.3 Å². The Balaban J connectivity index is 1.34. The summed E-state index contributed by atoms with van der Waals surface area (Å²) in [6.07, 6.45) is 1.17. The molecule has 0 aliphatic carbocycles. The smallest absolute Gasteiger partial charge is 0.253 e. The standard InChI is InChI=1S/C20H18N4O2S/c25-18(13-5-6-16-17(11-13)27-12-21-16)24-9-7-20(8-10-24)19(26)22-14-3-1-2-4-15(14)23-20/h1-6,11-12,23H,7-10H2,(H,22,26). The topological polar surface area (TPSA) is 74.3 Å². The molecule has 2 aromatic carbocycles. The molecule has 0 saturated carbocycles. The number of para-hydroxylation sites is 2. The number of carbonyl (C=O) groups is 2. The predicted octanol–water partition coefficient (Wildman–Crippen LogP) is 3.34. The zero-order valence-electron chi connectivity index (χ0n) is 14.6. The minimum atomic E-state index is -0.646. The van der Waals surface area contributed by atoms with E-state index in [9.17, 15) is 9.59 Å². The molecule has 2 aliphatic heterocycles. The first-order valence-corrected chi connectivity index (χ1v) is 9.84. The minimum Gasteiger partial charge on any atom is -0.369 e. The summed E-state index contributed by atoms with van der Waals surface area (Å²) >= 11 is 1.53. The maximum absolute atomic E-state index is 12.9. The van der Waals surface area contributed by atoms with Gasteiger partial charge in [-0.3, -0.25) is 9.59 Å². The van der Waals surface area contributed by atoms with Crippen LogP contribution in [0, 0.1) is 0 Å². The number of piperidine rings is 1. The van der Waals surface area contributed by atoms with Crippen LogP contribution in [0.15, 0.2) is 48.0 Å². The van der Waals surface area contributed by atoms with Gasteiger partial charge in [-0.1, -0.05) is 12.1 Å². The largest absolute Gasteiger partial charge is 0.369 e. The molecule has 1 aromatic heterocycles. The first-order valence-electron chi connectivity index (χ1n) is 8.96. The number of rotatable bonds is 1. The molecule has 0 atom stereocenters. The highest BCUT2D eigenvalue weighted by Gasteiger charge is 2.45. The Bertz CT molecular complexity index is 1050. The lowest BCUT2D eigenvalue weighted by Crippen LogP contribution is -2.59. The number of fused-ring (bicyclic) bond motifs is 2. The third kappa shape index (κ3) is 2.66. The van der Waals surface area contributed by atoms with Crippen LogP contribution in [0.5, 0.6) is 0 Å². The van der Waals surface area contributed by atoms with E-state index in [0.29, 0.717) is 31.5 Å². The Morgan fingerprint density at radius 1 is 1.11 bits per heavy atom. The van der Waals surface area contributed by atoms with E-state index in [4.69, 9.17) is 0 Å². The Kier molecular flexibility index (Phi) is 3.65. The molecule has 0 radical (unpaired) electrons. The third-order valence-corrected chi connectivity index (χ3v) is 6.26. The molecule has 2 aliphatic rings. The van der Waals surface area contributed by atoms with Crippen molar-refractivity contribution >= 4 is 44.7 Å². The Hall–Kier alpha value is -2.93. The molecular formula is C20H18N4O2S. The quantitative estimate of drug-likeness (QED) is 0.681. The summed E-state index contributed by atoms with van der Waals surface area (Å²) in [6.45, 7) is 1.09. The number of aromatic nitrogens is 1. The van der Waals surface area contributed by atoms with E-state index < -0.39 is 5.54 Å². The van der Waals surface area contributed by atoms with Gasteiger partial charge in [-0.25, -0.2) is 4.98 Å². The number of thiazole rings is 1. The van der Waals surface area contributed by atoms with Crippen LogP contribution in [-0.2, 0) is 4.79 Å². The fraction of sp³-hybridized carbons (Fsp3) is 0.250. The highest BCUT2D eigenvalue weighted by molar-refractivity contribution is 7.16. The lowest BCUT2D eigenvalue weighted by molar-refractivity contribution is -0.122. The molecule has 1 fully saturated rings. The zero-order chi connectivity index (χ0) is 18.4. The zero-order valence-corrected chi connectivity index (χ0v) is 15.4. The molecule has 6 nitrogen and oxygen atoms in total. The second kappa shape index (κ2) is 6.06. The normalized spacial score (nSPS) is 18.1. The molecule has 1 spiro atoms. The Morgan fingerprint density at radius 3 is 2.70 bits per heavy atom. The number of carbonyl (C=O) groups excluding carboxylic acids is 2. The number of nitrogens with one attached hydrogen (secondary N) is 2. The van der Waals surface area contributed by atoms with E-state index in [0.717, 1.165) is 21.6 Å². The van der Waals surface area contributed by atoms with Crippen molar-refractivity contribution in [3.8, 4) is 0 Å². The van der Waals surface area contributed by atoms with Gasteiger partial charge < -0.3 is 15.5 Å². The van der Waals surface area contributed by atoms with Gasteiger partial charge in [0, 0.05) is 18.7 Å². The molecular weight excluding hydrogens is 360 g/mol. The van der Waals surface area contributed by atoms with Gasteiger partial charge in [0.2, 0.25) is 5.91 Å². The SMILES string of the molecule is O=C(c1ccc2ncsc2c1)N1CCC2(CC1)Nc1ccccc1NC2=O. The van der Waals surface area contributed by atoms with Gasteiger partial charge in [0.25, 0.3) is 5.91 Å². The maximum Gasteiger partial charge on any atom is 0.253 e. The molecule has 2 amide bonds. The molecule has 3 heterocycles. The van der Waals surface area contributed by atoms with Crippen LogP contribution >= 0.6 is 11.3 Å². The van der Waals surface area contributed by atoms with Crippen molar-refractivity contribution in [2.75, 3.05) is 23.7 Å². The van der Waals surface area contributed by atoms with Crippen LogP contribution in [0.4, 0.5) is 11.4 Å². The average Bonchev–Trinajstić information content (AvgIpc) is 3.17. The van der Waals surface area contributed by atoms with Crippen LogP contribution in [0.25, 0.3) is 10.2 Å². The van der Waals surface area contributed by atoms with E-state index >= 15 is 0 Å². The van der Waals surface area contributed by atoms with Crippen molar-refractivity contribution in [3.05, 3.63) is 53.5 Å². The summed E-state index contributed by atoms with van der Waals surface area (Å²) in [5.74, 6) is -0.00357. The van der Waals surface area contributed by atoms with Crippen molar-refractivity contribution in [2.24, 2.45) is 0 Å². The summed E-state index contributed by atoms with van der Waals surface area (Å²) in [5.41, 5.74) is 4.48. The van der Waals surface area contributed by atoms with Crippen molar-refractivity contribution in [1.29, 1.82) is 0 Å². The fourth-order valence-electron chi connectivity index (χ4n) is 3.87. The van der Waals surface area contributed by atoms with Crippen LogP contribution in [0.1, 0.15) is 23.2 Å². The number of anilines is 2. The number of hydrogen-bond donors (Lipinski definition) is 2. The van der Waals surface area contributed by atoms with Crippen molar-refractivity contribution < 1.29 is 9.59 Å². The highest BCUT2D eigenvalue weighted by atomic mass is 32.1. The summed E-state index contributed by atoms with van der Waals surface area (Å²) < 4.78 is 1.01. The Morgan fingerprint density at radius 2 is 1.89 bits per heavy atom. The van der Waals surface area contributed by atoms with Gasteiger partial charge >= 0.3 is 0 Å². The van der Waals surface area contributed by atoms with Gasteiger partial charge in [-0.15, -0.1) is 11.3 Å². The Labute approximate surface area is 160 Å². The first-order chi connectivity index (χ1) is 13.1. The molecule has 0 unspecified atom stereocenters. The fourth-order valence-corrected chi connectivity index (χ4v) is 4.59. The van der Waals surface area contributed by atoms with Gasteiger partial charge in [-0.05, 0) is 43.2 Å². The molecule has 2 N–H and O–H groups in total. The van der Waals surface area contributed by atoms with E-state index in [-0.39, 0.29) is 11.8 Å². The number of likely N-dealkylation sites (tertiary alicyclic amines) is 1. The van der Waals surface area contributed by atoms with E-state index in [1.54, 1.807) is 5.51 Å². The molecule has 5 rings (SSSR count). The van der Waals surface area contributed by atoms with Gasteiger partial charge in [-0.2, -0.15) is 0 Å². The highest BCUT2D eigenvalue weighted by Crippen LogP contribution is 2.36. The van der Waals surface area contributed by atoms with Crippen molar-refractivity contribution in [3.63, 3.8) is 0 Å². The molecule has 27 heavy (non-hydrogen) atoms. The molecule has 1 saturated heterocycles. The van der Waals surface area contributed by atoms with E-state index in [1.807, 2.05) is 47.4 Å². The third-order valence-electron chi connectivity index (χ3n) is 5.47. The van der Waals surface area contributed by atoms with Crippen molar-refractivity contribution in [1.82, 2.24) is 9.88 Å². The first kappa shape index (κ1) is 16.3. The lowest BCUT2D eigenvalue weighted by atomic mass is 9.84. The summed E-state index contributed by atoms with van der Waals surface area (Å²) in [7, 11) is 0. The van der Waals surface area contributed by atoms with Crippen LogP contribution in [-0.4, -0.2) is 40.3 Å². The van der Waals surface area contributed by atoms with Gasteiger partial charge in [0.05, 0.1) is 27.1 Å². The second-order valence-corrected chi connectivity index (χ2v) is 7.92. The van der Waals surface area contributed by atoms with Gasteiger partial charge in [0.15, 0.2) is 0 Å². The number of amides is 2. The number of hydrogen-bond acceptors (Lipinski definition) is 5. The molecule has 0 bridgehead atoms. The summed E-state index contributed by atoms with van der Waals surface area (Å²) in [5, 5.41) is 6.43. The summed E-state index contributed by atoms with van der Waals surface area (Å²) in [4.78, 5) is 31.7. The number of benzene rings is 2. The minimum absolute atomic E-state index is 0.0109. The van der Waals surface area contributed by atoms with Crippen LogP contribution in [0.2, 0.25) is 0 Å². The molecule has 7 heteroatoms. The molecule has 3 aromatic rings. The lowest BCUT2D eigenvalue weighted by Gasteiger charge is -2.44. The van der Waals surface area contributed by atoms with Crippen molar-refractivity contribution in [2.45, 2.75) is 18.4 Å². The predicted molar refractivity (Wildman–Crippen MR) is 106 cm³/mol. The van der Waals surface area contributed by atoms with Gasteiger partial charge in [0.1, 0.15) is 5.54 Å².